The number of rotatable bonds is 18. The zero-order chi connectivity index (χ0) is 24.9. The number of hydrogen-bond donors (Lipinski definition) is 2. The minimum Gasteiger partial charge on any atom is -0.394 e. The van der Waals surface area contributed by atoms with Crippen molar-refractivity contribution in [1.82, 2.24) is 9.55 Å². The van der Waals surface area contributed by atoms with Crippen LogP contribution in [0.3, 0.4) is 0 Å². The standard InChI is InChI=1S/C26H46N4O5/c1-4-7-10-13-32-17-21-23(33-14-11-8-5-2)24(34-15-12-9-6-3)26(35-21)30-19-29-22-20(16-31)27-18-28-25(22)30/h18-21,23-24,26,31H,4-17H2,1-3H3,(H,27,28)/t20?,21-,23-,24-,26-/m1/s1. The SMILES string of the molecule is CCCCCOC[C@H]1O[C@@H](n2cnc3c2NC=NC3CO)[C@H](OCCCCC)[C@@H]1OCCCCC. The summed E-state index contributed by atoms with van der Waals surface area (Å²) in [6.07, 6.45) is 12.1. The zero-order valence-electron chi connectivity index (χ0n) is 21.9. The van der Waals surface area contributed by atoms with Crippen LogP contribution in [-0.4, -0.2) is 72.3 Å². The molecule has 3 heterocycles. The number of unbranched alkanes of at least 4 members (excludes halogenated alkanes) is 6. The van der Waals surface area contributed by atoms with E-state index in [-0.39, 0.29) is 31.0 Å². The van der Waals surface area contributed by atoms with Crippen LogP contribution in [0.5, 0.6) is 0 Å². The monoisotopic (exact) mass is 494 g/mol. The fourth-order valence-corrected chi connectivity index (χ4v) is 4.60. The summed E-state index contributed by atoms with van der Waals surface area (Å²) in [6, 6.07) is -0.378. The fourth-order valence-electron chi connectivity index (χ4n) is 4.60. The van der Waals surface area contributed by atoms with Crippen molar-refractivity contribution < 1.29 is 24.1 Å². The number of aliphatic hydroxyl groups is 1. The summed E-state index contributed by atoms with van der Waals surface area (Å²) in [5, 5.41) is 12.9. The number of anilines is 1. The van der Waals surface area contributed by atoms with E-state index in [1.54, 1.807) is 12.7 Å². The Balaban J connectivity index is 1.79. The van der Waals surface area contributed by atoms with Gasteiger partial charge >= 0.3 is 0 Å². The zero-order valence-corrected chi connectivity index (χ0v) is 21.9. The lowest BCUT2D eigenvalue weighted by Crippen LogP contribution is -2.39. The van der Waals surface area contributed by atoms with Gasteiger partial charge in [-0.05, 0) is 19.3 Å². The summed E-state index contributed by atoms with van der Waals surface area (Å²) in [7, 11) is 0. The predicted molar refractivity (Wildman–Crippen MR) is 137 cm³/mol. The van der Waals surface area contributed by atoms with Crippen LogP contribution in [0.2, 0.25) is 0 Å². The molecular weight excluding hydrogens is 448 g/mol. The van der Waals surface area contributed by atoms with E-state index in [1.807, 2.05) is 4.57 Å². The highest BCUT2D eigenvalue weighted by atomic mass is 16.6. The third-order valence-electron chi connectivity index (χ3n) is 6.62. The minimum atomic E-state index is -0.411. The third kappa shape index (κ3) is 7.73. The van der Waals surface area contributed by atoms with Gasteiger partial charge in [0.25, 0.3) is 0 Å². The van der Waals surface area contributed by atoms with Gasteiger partial charge in [-0.3, -0.25) is 9.56 Å². The molecule has 0 spiro atoms. The number of ether oxygens (including phenoxy) is 4. The van der Waals surface area contributed by atoms with Crippen molar-refractivity contribution in [1.29, 1.82) is 0 Å². The molecule has 1 saturated heterocycles. The van der Waals surface area contributed by atoms with Gasteiger partial charge in [0.05, 0.1) is 25.9 Å². The third-order valence-corrected chi connectivity index (χ3v) is 6.62. The topological polar surface area (TPSA) is 99.4 Å². The lowest BCUT2D eigenvalue weighted by Gasteiger charge is -2.26. The van der Waals surface area contributed by atoms with Gasteiger partial charge in [0, 0.05) is 19.8 Å². The molecule has 1 fully saturated rings. The van der Waals surface area contributed by atoms with Gasteiger partial charge in [-0.2, -0.15) is 0 Å². The van der Waals surface area contributed by atoms with Crippen molar-refractivity contribution in [2.75, 3.05) is 38.4 Å². The van der Waals surface area contributed by atoms with E-state index < -0.39 is 6.23 Å². The molecule has 2 N–H and O–H groups in total. The Morgan fingerprint density at radius 1 is 0.943 bits per heavy atom. The highest BCUT2D eigenvalue weighted by molar-refractivity contribution is 5.78. The van der Waals surface area contributed by atoms with Gasteiger partial charge < -0.3 is 29.4 Å². The quantitative estimate of drug-likeness (QED) is 0.287. The molecule has 35 heavy (non-hydrogen) atoms. The summed E-state index contributed by atoms with van der Waals surface area (Å²) < 4.78 is 27.5. The highest BCUT2D eigenvalue weighted by Crippen LogP contribution is 2.38. The second kappa shape index (κ2) is 15.6. The fraction of sp³-hybridized carbons (Fsp3) is 0.846. The largest absolute Gasteiger partial charge is 0.394 e. The molecule has 0 aromatic carbocycles. The molecule has 2 aliphatic heterocycles. The summed E-state index contributed by atoms with van der Waals surface area (Å²) in [6.45, 7) is 9.00. The van der Waals surface area contributed by atoms with Crippen LogP contribution in [0.1, 0.15) is 96.5 Å². The number of nitrogens with one attached hydrogen (secondary N) is 1. The van der Waals surface area contributed by atoms with Crippen molar-refractivity contribution in [2.24, 2.45) is 4.99 Å². The van der Waals surface area contributed by atoms with E-state index in [1.165, 1.54) is 6.42 Å². The summed E-state index contributed by atoms with van der Waals surface area (Å²) in [5.74, 6) is 0.778. The van der Waals surface area contributed by atoms with Crippen molar-refractivity contribution >= 4 is 12.2 Å². The number of fused-ring (bicyclic) bond motifs is 1. The lowest BCUT2D eigenvalue weighted by molar-refractivity contribution is -0.0809. The first-order valence-electron chi connectivity index (χ1n) is 13.7. The first-order valence-corrected chi connectivity index (χ1v) is 13.7. The Hall–Kier alpha value is -1.52. The van der Waals surface area contributed by atoms with Crippen LogP contribution in [0.25, 0.3) is 0 Å². The second-order valence-electron chi connectivity index (χ2n) is 9.44. The number of aliphatic hydroxyl groups excluding tert-OH is 1. The minimum absolute atomic E-state index is 0.0952. The Kier molecular flexibility index (Phi) is 12.5. The molecule has 0 amide bonds. The molecule has 2 aliphatic rings. The molecule has 9 heteroatoms. The molecule has 1 aromatic rings. The predicted octanol–water partition coefficient (Wildman–Crippen LogP) is 4.63. The Morgan fingerprint density at radius 2 is 1.60 bits per heavy atom. The molecule has 0 aliphatic carbocycles. The van der Waals surface area contributed by atoms with E-state index in [0.29, 0.717) is 25.5 Å². The Bertz CT molecular complexity index is 743. The average Bonchev–Trinajstić information content (AvgIpc) is 3.45. The molecule has 200 valence electrons. The maximum atomic E-state index is 9.73. The number of nitrogens with zero attached hydrogens (tertiary/aromatic N) is 3. The maximum absolute atomic E-state index is 9.73. The Morgan fingerprint density at radius 3 is 2.26 bits per heavy atom. The molecule has 1 aromatic heterocycles. The van der Waals surface area contributed by atoms with Crippen LogP contribution in [0.15, 0.2) is 11.3 Å². The smallest absolute Gasteiger partial charge is 0.166 e. The van der Waals surface area contributed by atoms with Crippen LogP contribution in [0, 0.1) is 0 Å². The lowest BCUT2D eigenvalue weighted by atomic mass is 10.1. The van der Waals surface area contributed by atoms with E-state index >= 15 is 0 Å². The van der Waals surface area contributed by atoms with Gasteiger partial charge in [-0.15, -0.1) is 0 Å². The summed E-state index contributed by atoms with van der Waals surface area (Å²) in [5.41, 5.74) is 0.711. The van der Waals surface area contributed by atoms with Crippen molar-refractivity contribution in [3.63, 3.8) is 0 Å². The molecule has 0 saturated carbocycles. The van der Waals surface area contributed by atoms with Crippen molar-refractivity contribution in [3.8, 4) is 0 Å². The molecule has 9 nitrogen and oxygen atoms in total. The van der Waals surface area contributed by atoms with Gasteiger partial charge in [0.15, 0.2) is 6.23 Å². The van der Waals surface area contributed by atoms with Crippen LogP contribution >= 0.6 is 0 Å². The van der Waals surface area contributed by atoms with Gasteiger partial charge in [-0.25, -0.2) is 4.98 Å². The molecule has 5 atom stereocenters. The average molecular weight is 495 g/mol. The van der Waals surface area contributed by atoms with Crippen molar-refractivity contribution in [2.45, 2.75) is 109 Å². The van der Waals surface area contributed by atoms with Crippen LogP contribution in [-0.2, 0) is 18.9 Å². The van der Waals surface area contributed by atoms with Crippen LogP contribution < -0.4 is 5.32 Å². The number of imidazole rings is 1. The Labute approximate surface area is 210 Å². The number of aromatic nitrogens is 2. The molecule has 1 unspecified atom stereocenters. The van der Waals surface area contributed by atoms with Gasteiger partial charge in [0.2, 0.25) is 0 Å². The summed E-state index contributed by atoms with van der Waals surface area (Å²) in [4.78, 5) is 8.84. The molecule has 0 bridgehead atoms. The number of aliphatic imine (C=N–C) groups is 1. The molecular formula is C26H46N4O5. The first-order chi connectivity index (χ1) is 17.2. The molecule has 3 rings (SSSR count). The maximum Gasteiger partial charge on any atom is 0.166 e. The van der Waals surface area contributed by atoms with E-state index in [0.717, 1.165) is 63.8 Å². The highest BCUT2D eigenvalue weighted by Gasteiger charge is 2.48. The number of hydrogen-bond acceptors (Lipinski definition) is 8. The van der Waals surface area contributed by atoms with E-state index in [2.05, 4.69) is 36.1 Å². The summed E-state index contributed by atoms with van der Waals surface area (Å²) >= 11 is 0. The second-order valence-corrected chi connectivity index (χ2v) is 9.44. The van der Waals surface area contributed by atoms with E-state index in [4.69, 9.17) is 18.9 Å². The van der Waals surface area contributed by atoms with Gasteiger partial charge in [0.1, 0.15) is 35.9 Å². The first kappa shape index (κ1) is 28.1. The van der Waals surface area contributed by atoms with Crippen LogP contribution in [0.4, 0.5) is 5.82 Å². The van der Waals surface area contributed by atoms with Gasteiger partial charge in [-0.1, -0.05) is 59.3 Å². The van der Waals surface area contributed by atoms with Crippen molar-refractivity contribution in [3.05, 3.63) is 12.0 Å². The molecule has 0 radical (unpaired) electrons. The normalized spacial score (nSPS) is 25.7. The van der Waals surface area contributed by atoms with E-state index in [9.17, 15) is 5.11 Å².